The molecule has 0 aliphatic heterocycles. The van der Waals surface area contributed by atoms with E-state index in [0.29, 0.717) is 22.0 Å². The van der Waals surface area contributed by atoms with Crippen molar-refractivity contribution in [2.24, 2.45) is 0 Å². The number of amides is 2. The van der Waals surface area contributed by atoms with Crippen LogP contribution < -0.4 is 15.4 Å². The predicted molar refractivity (Wildman–Crippen MR) is 96.0 cm³/mol. The average molecular weight is 363 g/mol. The van der Waals surface area contributed by atoms with Crippen LogP contribution in [-0.4, -0.2) is 26.2 Å². The molecule has 2 rings (SSSR count). The van der Waals surface area contributed by atoms with Crippen LogP contribution in [0, 0.1) is 0 Å². The molecule has 1 unspecified atom stereocenters. The Bertz CT molecular complexity index is 734. The van der Waals surface area contributed by atoms with Crippen molar-refractivity contribution >= 4 is 29.3 Å². The van der Waals surface area contributed by atoms with E-state index in [1.54, 1.807) is 55.6 Å². The van der Waals surface area contributed by atoms with Gasteiger partial charge in [-0.05, 0) is 35.9 Å². The van der Waals surface area contributed by atoms with Crippen molar-refractivity contribution in [2.75, 3.05) is 19.5 Å². The number of urea groups is 1. The smallest absolute Gasteiger partial charge is 0.319 e. The first-order valence-electron chi connectivity index (χ1n) is 7.56. The maximum Gasteiger partial charge on any atom is 0.319 e. The molecule has 0 fully saturated rings. The van der Waals surface area contributed by atoms with Crippen molar-refractivity contribution in [3.05, 3.63) is 59.1 Å². The Morgan fingerprint density at radius 3 is 2.36 bits per heavy atom. The topological polar surface area (TPSA) is 76.7 Å². The van der Waals surface area contributed by atoms with E-state index in [1.807, 2.05) is 0 Å². The van der Waals surface area contributed by atoms with E-state index < -0.39 is 18.0 Å². The summed E-state index contributed by atoms with van der Waals surface area (Å²) in [7, 11) is 2.86. The minimum Gasteiger partial charge on any atom is -0.497 e. The van der Waals surface area contributed by atoms with Crippen molar-refractivity contribution in [3.8, 4) is 5.75 Å². The van der Waals surface area contributed by atoms with Gasteiger partial charge in [0.05, 0.1) is 26.7 Å². The fourth-order valence-corrected chi connectivity index (χ4v) is 2.51. The van der Waals surface area contributed by atoms with E-state index in [2.05, 4.69) is 10.6 Å². The fourth-order valence-electron chi connectivity index (χ4n) is 2.25. The number of hydrogen-bond donors (Lipinski definition) is 2. The van der Waals surface area contributed by atoms with Gasteiger partial charge in [0.25, 0.3) is 0 Å². The molecule has 132 valence electrons. The predicted octanol–water partition coefficient (Wildman–Crippen LogP) is 3.77. The molecule has 0 heterocycles. The van der Waals surface area contributed by atoms with Gasteiger partial charge in [-0.2, -0.15) is 0 Å². The second-order valence-electron chi connectivity index (χ2n) is 5.18. The number of ether oxygens (including phenoxy) is 2. The molecular weight excluding hydrogens is 344 g/mol. The summed E-state index contributed by atoms with van der Waals surface area (Å²) < 4.78 is 9.77. The zero-order chi connectivity index (χ0) is 18.2. The molecule has 2 N–H and O–H groups in total. The molecular formula is C18H19ClN2O4. The van der Waals surface area contributed by atoms with Gasteiger partial charge >= 0.3 is 12.0 Å². The summed E-state index contributed by atoms with van der Waals surface area (Å²) >= 11 is 6.18. The highest BCUT2D eigenvalue weighted by atomic mass is 35.5. The molecule has 2 amide bonds. The second-order valence-corrected chi connectivity index (χ2v) is 5.59. The van der Waals surface area contributed by atoms with Gasteiger partial charge in [-0.3, -0.25) is 4.79 Å². The molecule has 0 aromatic heterocycles. The highest BCUT2D eigenvalue weighted by Gasteiger charge is 2.21. The van der Waals surface area contributed by atoms with Crippen molar-refractivity contribution in [1.82, 2.24) is 5.32 Å². The third-order valence-corrected chi connectivity index (χ3v) is 3.88. The van der Waals surface area contributed by atoms with E-state index in [4.69, 9.17) is 21.1 Å². The molecule has 25 heavy (non-hydrogen) atoms. The Kier molecular flexibility index (Phi) is 6.65. The van der Waals surface area contributed by atoms with Crippen molar-refractivity contribution in [3.63, 3.8) is 0 Å². The van der Waals surface area contributed by atoms with Gasteiger partial charge in [0.15, 0.2) is 0 Å². The van der Waals surface area contributed by atoms with Crippen LogP contribution in [0.2, 0.25) is 5.02 Å². The summed E-state index contributed by atoms with van der Waals surface area (Å²) in [5.74, 6) is 0.236. The van der Waals surface area contributed by atoms with Gasteiger partial charge < -0.3 is 20.1 Å². The lowest BCUT2D eigenvalue weighted by molar-refractivity contribution is -0.141. The van der Waals surface area contributed by atoms with Gasteiger partial charge in [0.2, 0.25) is 0 Å². The van der Waals surface area contributed by atoms with E-state index in [1.165, 1.54) is 7.11 Å². The van der Waals surface area contributed by atoms with E-state index in [-0.39, 0.29) is 6.42 Å². The molecule has 0 spiro atoms. The first kappa shape index (κ1) is 18.6. The summed E-state index contributed by atoms with van der Waals surface area (Å²) in [4.78, 5) is 23.9. The second kappa shape index (κ2) is 8.94. The highest BCUT2D eigenvalue weighted by Crippen LogP contribution is 2.25. The number of carbonyl (C=O) groups excluding carboxylic acids is 2. The Morgan fingerprint density at radius 1 is 1.08 bits per heavy atom. The van der Waals surface area contributed by atoms with Crippen LogP contribution in [0.5, 0.6) is 5.75 Å². The Hall–Kier alpha value is -2.73. The molecule has 0 saturated heterocycles. The molecule has 0 aliphatic rings. The number of nitrogens with one attached hydrogen (secondary N) is 2. The summed E-state index contributed by atoms with van der Waals surface area (Å²) in [5, 5.41) is 5.91. The molecule has 7 heteroatoms. The third-order valence-electron chi connectivity index (χ3n) is 3.53. The van der Waals surface area contributed by atoms with Crippen LogP contribution in [0.4, 0.5) is 10.5 Å². The largest absolute Gasteiger partial charge is 0.497 e. The van der Waals surface area contributed by atoms with E-state index in [9.17, 15) is 9.59 Å². The first-order valence-corrected chi connectivity index (χ1v) is 7.94. The monoisotopic (exact) mass is 362 g/mol. The number of halogens is 1. The lowest BCUT2D eigenvalue weighted by Crippen LogP contribution is -2.34. The number of methoxy groups -OCH3 is 2. The zero-order valence-corrected chi connectivity index (χ0v) is 14.7. The van der Waals surface area contributed by atoms with Gasteiger partial charge in [-0.15, -0.1) is 0 Å². The number of rotatable bonds is 6. The average Bonchev–Trinajstić information content (AvgIpc) is 2.62. The number of benzene rings is 2. The maximum atomic E-state index is 12.3. The quantitative estimate of drug-likeness (QED) is 0.767. The molecule has 0 saturated carbocycles. The Balaban J connectivity index is 2.10. The lowest BCUT2D eigenvalue weighted by Gasteiger charge is -2.19. The molecule has 0 bridgehead atoms. The SMILES string of the molecule is COC(=O)CC(NC(=O)Nc1ccc(OC)cc1)c1ccccc1Cl. The van der Waals surface area contributed by atoms with Crippen LogP contribution in [0.3, 0.4) is 0 Å². The van der Waals surface area contributed by atoms with Crippen molar-refractivity contribution < 1.29 is 19.1 Å². The lowest BCUT2D eigenvalue weighted by atomic mass is 10.0. The van der Waals surface area contributed by atoms with Gasteiger partial charge in [-0.1, -0.05) is 29.8 Å². The maximum absolute atomic E-state index is 12.3. The standard InChI is InChI=1S/C18H19ClN2O4/c1-24-13-9-7-12(8-10-13)20-18(23)21-16(11-17(22)25-2)14-5-3-4-6-15(14)19/h3-10,16H,11H2,1-2H3,(H2,20,21,23). The molecule has 2 aromatic carbocycles. The zero-order valence-electron chi connectivity index (χ0n) is 13.9. The number of carbonyl (C=O) groups is 2. The molecule has 6 nitrogen and oxygen atoms in total. The van der Waals surface area contributed by atoms with E-state index in [0.717, 1.165) is 0 Å². The normalized spacial score (nSPS) is 11.3. The Morgan fingerprint density at radius 2 is 1.76 bits per heavy atom. The minimum absolute atomic E-state index is 0.0315. The summed E-state index contributed by atoms with van der Waals surface area (Å²) in [5.41, 5.74) is 1.23. The number of hydrogen-bond acceptors (Lipinski definition) is 4. The Labute approximate surface area is 151 Å². The van der Waals surface area contributed by atoms with Gasteiger partial charge in [-0.25, -0.2) is 4.79 Å². The highest BCUT2D eigenvalue weighted by molar-refractivity contribution is 6.31. The van der Waals surface area contributed by atoms with Crippen LogP contribution >= 0.6 is 11.6 Å². The number of esters is 1. The van der Waals surface area contributed by atoms with Gasteiger partial charge in [0, 0.05) is 10.7 Å². The van der Waals surface area contributed by atoms with Gasteiger partial charge in [0.1, 0.15) is 5.75 Å². The van der Waals surface area contributed by atoms with Crippen LogP contribution in [0.1, 0.15) is 18.0 Å². The minimum atomic E-state index is -0.612. The van der Waals surface area contributed by atoms with Crippen LogP contribution in [0.25, 0.3) is 0 Å². The molecule has 2 aromatic rings. The van der Waals surface area contributed by atoms with Crippen LogP contribution in [0.15, 0.2) is 48.5 Å². The van der Waals surface area contributed by atoms with Crippen molar-refractivity contribution in [2.45, 2.75) is 12.5 Å². The summed E-state index contributed by atoms with van der Waals surface area (Å²) in [6.07, 6.45) is -0.0315. The molecule has 0 aliphatic carbocycles. The molecule has 0 radical (unpaired) electrons. The number of anilines is 1. The fraction of sp³-hybridized carbons (Fsp3) is 0.222. The third kappa shape index (κ3) is 5.39. The summed E-state index contributed by atoms with van der Waals surface area (Å²) in [6, 6.07) is 12.8. The first-order chi connectivity index (χ1) is 12.0. The van der Waals surface area contributed by atoms with Crippen LogP contribution in [-0.2, 0) is 9.53 Å². The van der Waals surface area contributed by atoms with Crippen molar-refractivity contribution in [1.29, 1.82) is 0 Å². The van der Waals surface area contributed by atoms with E-state index >= 15 is 0 Å². The molecule has 1 atom stereocenters. The summed E-state index contributed by atoms with van der Waals surface area (Å²) in [6.45, 7) is 0.